The van der Waals surface area contributed by atoms with E-state index >= 15 is 0 Å². The highest BCUT2D eigenvalue weighted by atomic mass is 32.2. The third kappa shape index (κ3) is 7.82. The first-order chi connectivity index (χ1) is 13.7. The summed E-state index contributed by atoms with van der Waals surface area (Å²) in [6, 6.07) is 4.49. The summed E-state index contributed by atoms with van der Waals surface area (Å²) in [6.07, 6.45) is 2.13. The molecule has 0 saturated heterocycles. The van der Waals surface area contributed by atoms with Gasteiger partial charge in [0.25, 0.3) is 0 Å². The Morgan fingerprint density at radius 3 is 2.45 bits per heavy atom. The van der Waals surface area contributed by atoms with Crippen LogP contribution in [-0.2, 0) is 24.7 Å². The highest BCUT2D eigenvalue weighted by Gasteiger charge is 2.19. The number of unbranched alkanes of at least 4 members (excludes halogenated alkanes) is 2. The molecule has 2 rings (SSSR count). The van der Waals surface area contributed by atoms with Crippen LogP contribution < -0.4 is 19.5 Å². The largest absolute Gasteiger partial charge is 0.486 e. The maximum absolute atomic E-state index is 12.4. The molecule has 0 unspecified atom stereocenters. The fourth-order valence-corrected chi connectivity index (χ4v) is 4.44. The van der Waals surface area contributed by atoms with Crippen LogP contribution in [0.3, 0.4) is 0 Å². The predicted molar refractivity (Wildman–Crippen MR) is 108 cm³/mol. The first kappa shape index (κ1) is 23.4. The van der Waals surface area contributed by atoms with Gasteiger partial charge in [-0.2, -0.15) is 0 Å². The van der Waals surface area contributed by atoms with Crippen molar-refractivity contribution >= 4 is 25.8 Å². The maximum Gasteiger partial charge on any atom is 0.240 e. The molecule has 29 heavy (non-hydrogen) atoms. The fraction of sp³-hybridized carbons (Fsp3) is 0.611. The van der Waals surface area contributed by atoms with Crippen molar-refractivity contribution in [2.24, 2.45) is 0 Å². The molecule has 1 aliphatic rings. The fourth-order valence-electron chi connectivity index (χ4n) is 2.65. The van der Waals surface area contributed by atoms with Gasteiger partial charge in [-0.1, -0.05) is 13.3 Å². The molecule has 11 heteroatoms. The standard InChI is InChI=1S/C18H28N2O7S2/c1-2-28(22,23)13-10-19-18(21)6-4-3-5-9-20-29(24,25)15-7-8-16-17(14-15)27-12-11-26-16/h7-8,14,20H,2-6,9-13H2,1H3,(H,19,21). The van der Waals surface area contributed by atoms with Crippen LogP contribution >= 0.6 is 0 Å². The predicted octanol–water partition coefficient (Wildman–Crippen LogP) is 0.847. The number of carbonyl (C=O) groups is 1. The monoisotopic (exact) mass is 448 g/mol. The second-order valence-corrected chi connectivity index (χ2v) is 10.8. The molecule has 0 aromatic heterocycles. The van der Waals surface area contributed by atoms with E-state index in [2.05, 4.69) is 10.0 Å². The second kappa shape index (κ2) is 10.8. The van der Waals surface area contributed by atoms with Crippen molar-refractivity contribution in [3.05, 3.63) is 18.2 Å². The number of ether oxygens (including phenoxy) is 2. The molecule has 1 aromatic rings. The zero-order chi connectivity index (χ0) is 21.3. The van der Waals surface area contributed by atoms with Crippen LogP contribution in [0, 0.1) is 0 Å². The molecule has 0 radical (unpaired) electrons. The SMILES string of the molecule is CCS(=O)(=O)CCNC(=O)CCCCCNS(=O)(=O)c1ccc2c(c1)OCCO2. The van der Waals surface area contributed by atoms with Crippen molar-refractivity contribution in [2.75, 3.05) is 37.8 Å². The Hall–Kier alpha value is -1.85. The quantitative estimate of drug-likeness (QED) is 0.454. The van der Waals surface area contributed by atoms with Gasteiger partial charge in [-0.15, -0.1) is 0 Å². The zero-order valence-electron chi connectivity index (χ0n) is 16.5. The Kier molecular flexibility index (Phi) is 8.72. The zero-order valence-corrected chi connectivity index (χ0v) is 18.1. The van der Waals surface area contributed by atoms with Gasteiger partial charge in [0.15, 0.2) is 21.3 Å². The van der Waals surface area contributed by atoms with E-state index < -0.39 is 19.9 Å². The van der Waals surface area contributed by atoms with Crippen LogP contribution in [-0.4, -0.2) is 60.6 Å². The Morgan fingerprint density at radius 2 is 1.72 bits per heavy atom. The van der Waals surface area contributed by atoms with Gasteiger partial charge in [0, 0.05) is 31.3 Å². The van der Waals surface area contributed by atoms with E-state index in [0.717, 1.165) is 0 Å². The highest BCUT2D eigenvalue weighted by molar-refractivity contribution is 7.91. The lowest BCUT2D eigenvalue weighted by Gasteiger charge is -2.18. The lowest BCUT2D eigenvalue weighted by atomic mass is 10.2. The van der Waals surface area contributed by atoms with Gasteiger partial charge < -0.3 is 14.8 Å². The minimum absolute atomic E-state index is 0.0587. The van der Waals surface area contributed by atoms with E-state index in [0.29, 0.717) is 44.0 Å². The van der Waals surface area contributed by atoms with E-state index in [1.165, 1.54) is 12.1 Å². The summed E-state index contributed by atoms with van der Waals surface area (Å²) in [5, 5.41) is 2.58. The third-order valence-corrected chi connectivity index (χ3v) is 7.54. The number of rotatable bonds is 12. The molecule has 1 amide bonds. The molecule has 1 heterocycles. The van der Waals surface area contributed by atoms with Gasteiger partial charge in [-0.05, 0) is 25.0 Å². The van der Waals surface area contributed by atoms with E-state index in [1.54, 1.807) is 13.0 Å². The Morgan fingerprint density at radius 1 is 1.00 bits per heavy atom. The van der Waals surface area contributed by atoms with Crippen LogP contribution in [0.25, 0.3) is 0 Å². The topological polar surface area (TPSA) is 128 Å². The number of nitrogens with one attached hydrogen (secondary N) is 2. The number of carbonyl (C=O) groups excluding carboxylic acids is 1. The summed E-state index contributed by atoms with van der Waals surface area (Å²) in [5.74, 6) is 0.743. The van der Waals surface area contributed by atoms with Crippen molar-refractivity contribution in [2.45, 2.75) is 37.5 Å². The van der Waals surface area contributed by atoms with Gasteiger partial charge >= 0.3 is 0 Å². The van der Waals surface area contributed by atoms with E-state index in [-0.39, 0.29) is 41.8 Å². The molecule has 1 aromatic carbocycles. The molecule has 2 N–H and O–H groups in total. The molecule has 0 fully saturated rings. The average Bonchev–Trinajstić information content (AvgIpc) is 2.70. The van der Waals surface area contributed by atoms with Crippen molar-refractivity contribution in [3.63, 3.8) is 0 Å². The maximum atomic E-state index is 12.4. The van der Waals surface area contributed by atoms with Gasteiger partial charge in [0.2, 0.25) is 15.9 Å². The van der Waals surface area contributed by atoms with Crippen molar-refractivity contribution in [3.8, 4) is 11.5 Å². The molecule has 164 valence electrons. The molecule has 0 spiro atoms. The molecule has 9 nitrogen and oxygen atoms in total. The van der Waals surface area contributed by atoms with Gasteiger partial charge in [0.05, 0.1) is 10.6 Å². The number of benzene rings is 1. The average molecular weight is 449 g/mol. The Labute approximate surface area is 172 Å². The van der Waals surface area contributed by atoms with E-state index in [1.807, 2.05) is 0 Å². The minimum atomic E-state index is -3.65. The van der Waals surface area contributed by atoms with E-state index in [4.69, 9.17) is 9.47 Å². The van der Waals surface area contributed by atoms with Crippen molar-refractivity contribution in [1.29, 1.82) is 0 Å². The highest BCUT2D eigenvalue weighted by Crippen LogP contribution is 2.32. The number of amides is 1. The molecule has 0 atom stereocenters. The number of sulfone groups is 1. The van der Waals surface area contributed by atoms with Gasteiger partial charge in [0.1, 0.15) is 13.2 Å². The summed E-state index contributed by atoms with van der Waals surface area (Å²) in [4.78, 5) is 11.8. The minimum Gasteiger partial charge on any atom is -0.486 e. The number of hydrogen-bond donors (Lipinski definition) is 2. The van der Waals surface area contributed by atoms with Crippen molar-refractivity contribution < 1.29 is 31.1 Å². The molecule has 0 aliphatic carbocycles. The van der Waals surface area contributed by atoms with Crippen LogP contribution in [0.5, 0.6) is 11.5 Å². The molecule has 1 aliphatic heterocycles. The van der Waals surface area contributed by atoms with Crippen LogP contribution in [0.1, 0.15) is 32.6 Å². The number of fused-ring (bicyclic) bond motifs is 1. The molecule has 0 bridgehead atoms. The number of sulfonamides is 1. The van der Waals surface area contributed by atoms with Crippen LogP contribution in [0.15, 0.2) is 23.1 Å². The van der Waals surface area contributed by atoms with E-state index in [9.17, 15) is 21.6 Å². The summed E-state index contributed by atoms with van der Waals surface area (Å²) in [5.41, 5.74) is 0. The number of hydrogen-bond acceptors (Lipinski definition) is 7. The molecule has 0 saturated carbocycles. The van der Waals surface area contributed by atoms with Crippen molar-refractivity contribution in [1.82, 2.24) is 10.0 Å². The molecular weight excluding hydrogens is 420 g/mol. The summed E-state index contributed by atoms with van der Waals surface area (Å²) >= 11 is 0. The third-order valence-electron chi connectivity index (χ3n) is 4.37. The Bertz CT molecular complexity index is 899. The van der Waals surface area contributed by atoms with Gasteiger partial charge in [-0.25, -0.2) is 21.6 Å². The summed E-state index contributed by atoms with van der Waals surface area (Å²) < 4.78 is 60.7. The smallest absolute Gasteiger partial charge is 0.240 e. The lowest BCUT2D eigenvalue weighted by molar-refractivity contribution is -0.121. The Balaban J connectivity index is 1.64. The summed E-state index contributed by atoms with van der Waals surface area (Å²) in [7, 11) is -6.73. The first-order valence-corrected chi connectivity index (χ1v) is 12.9. The lowest BCUT2D eigenvalue weighted by Crippen LogP contribution is -2.29. The first-order valence-electron chi connectivity index (χ1n) is 9.60. The van der Waals surface area contributed by atoms with Gasteiger partial charge in [-0.3, -0.25) is 4.79 Å². The second-order valence-electron chi connectivity index (χ2n) is 6.60. The van der Waals surface area contributed by atoms with Crippen LogP contribution in [0.4, 0.5) is 0 Å². The van der Waals surface area contributed by atoms with Crippen LogP contribution in [0.2, 0.25) is 0 Å². The molecular formula is C18H28N2O7S2. The normalized spacial score (nSPS) is 13.8. The summed E-state index contributed by atoms with van der Waals surface area (Å²) in [6.45, 7) is 2.76.